The second kappa shape index (κ2) is 15.1. The number of methoxy groups -OCH3 is 1. The van der Waals surface area contributed by atoms with Crippen molar-refractivity contribution in [3.8, 4) is 11.5 Å². The van der Waals surface area contributed by atoms with Crippen LogP contribution in [-0.4, -0.2) is 52.9 Å². The van der Waals surface area contributed by atoms with Crippen LogP contribution in [0, 0.1) is 11.8 Å². The zero-order chi connectivity index (χ0) is 26.5. The number of cyclic esters (lactones) is 1. The van der Waals surface area contributed by atoms with Crippen molar-refractivity contribution >= 4 is 11.9 Å². The Hall–Kier alpha value is -3.13. The maximum atomic E-state index is 12.7. The van der Waals surface area contributed by atoms with Gasteiger partial charge < -0.3 is 25.0 Å². The van der Waals surface area contributed by atoms with E-state index in [9.17, 15) is 14.7 Å². The van der Waals surface area contributed by atoms with Gasteiger partial charge in [0.05, 0.1) is 13.2 Å². The summed E-state index contributed by atoms with van der Waals surface area (Å²) in [7, 11) is 1.39. The first kappa shape index (κ1) is 29.1. The Morgan fingerprint density at radius 3 is 2.50 bits per heavy atom. The van der Waals surface area contributed by atoms with Gasteiger partial charge in [0, 0.05) is 18.9 Å². The molecule has 2 heterocycles. The molecule has 1 amide bonds. The highest BCUT2D eigenvalue weighted by molar-refractivity contribution is 5.97. The molecule has 1 fully saturated rings. The first-order valence-corrected chi connectivity index (χ1v) is 12.6. The summed E-state index contributed by atoms with van der Waals surface area (Å²) in [5.74, 6) is -0.419. The van der Waals surface area contributed by atoms with Crippen LogP contribution >= 0.6 is 0 Å². The Balaban J connectivity index is 0.000000830. The summed E-state index contributed by atoms with van der Waals surface area (Å²) in [5.41, 5.74) is 1.11. The first-order valence-electron chi connectivity index (χ1n) is 12.6. The molecule has 2 unspecified atom stereocenters. The van der Waals surface area contributed by atoms with Gasteiger partial charge in [-0.2, -0.15) is 0 Å². The van der Waals surface area contributed by atoms with Crippen LogP contribution in [0.4, 0.5) is 0 Å². The van der Waals surface area contributed by atoms with E-state index < -0.39 is 17.9 Å². The van der Waals surface area contributed by atoms with Gasteiger partial charge in [-0.1, -0.05) is 57.0 Å². The lowest BCUT2D eigenvalue weighted by atomic mass is 9.88. The fraction of sp³-hybridized carbons (Fsp3) is 0.536. The molecule has 8 nitrogen and oxygen atoms in total. The Morgan fingerprint density at radius 2 is 1.86 bits per heavy atom. The molecule has 0 saturated carbocycles. The van der Waals surface area contributed by atoms with Gasteiger partial charge in [0.25, 0.3) is 5.91 Å². The second-order valence-corrected chi connectivity index (χ2v) is 9.64. The molecular weight excluding hydrogens is 460 g/mol. The molecule has 0 bridgehead atoms. The monoisotopic (exact) mass is 500 g/mol. The van der Waals surface area contributed by atoms with Gasteiger partial charge in [0.15, 0.2) is 17.2 Å². The van der Waals surface area contributed by atoms with E-state index in [-0.39, 0.29) is 23.3 Å². The van der Waals surface area contributed by atoms with Gasteiger partial charge in [-0.15, -0.1) is 0 Å². The van der Waals surface area contributed by atoms with Crippen molar-refractivity contribution in [2.45, 2.75) is 71.4 Å². The maximum absolute atomic E-state index is 12.7. The number of hydrogen-bond donors (Lipinski definition) is 3. The van der Waals surface area contributed by atoms with Crippen LogP contribution in [0.25, 0.3) is 0 Å². The predicted octanol–water partition coefficient (Wildman–Crippen LogP) is 4.28. The summed E-state index contributed by atoms with van der Waals surface area (Å²) in [4.78, 5) is 29.3. The molecule has 36 heavy (non-hydrogen) atoms. The average molecular weight is 501 g/mol. The molecule has 3 rings (SSSR count). The van der Waals surface area contributed by atoms with Crippen LogP contribution in [0.15, 0.2) is 42.6 Å². The van der Waals surface area contributed by atoms with Gasteiger partial charge in [0.2, 0.25) is 0 Å². The zero-order valence-electron chi connectivity index (χ0n) is 21.8. The lowest BCUT2D eigenvalue weighted by Gasteiger charge is -2.26. The molecule has 1 aromatic carbocycles. The molecule has 1 aliphatic heterocycles. The highest BCUT2D eigenvalue weighted by atomic mass is 16.5. The van der Waals surface area contributed by atoms with Crippen LogP contribution in [0.3, 0.4) is 0 Å². The molecule has 1 aromatic heterocycles. The third-order valence-electron chi connectivity index (χ3n) is 5.98. The van der Waals surface area contributed by atoms with Gasteiger partial charge in [-0.05, 0) is 50.0 Å². The average Bonchev–Trinajstić information content (AvgIpc) is 2.86. The van der Waals surface area contributed by atoms with E-state index in [1.165, 1.54) is 24.9 Å². The smallest absolute Gasteiger partial charge is 0.328 e. The minimum Gasteiger partial charge on any atom is -0.503 e. The number of esters is 1. The summed E-state index contributed by atoms with van der Waals surface area (Å²) in [6.07, 6.45) is 6.12. The number of rotatable bonds is 6. The third-order valence-corrected chi connectivity index (χ3v) is 5.98. The number of aliphatic hydroxyl groups excluding tert-OH is 1. The van der Waals surface area contributed by atoms with E-state index in [4.69, 9.17) is 14.6 Å². The highest BCUT2D eigenvalue weighted by Crippen LogP contribution is 2.28. The van der Waals surface area contributed by atoms with E-state index in [1.807, 2.05) is 39.0 Å². The van der Waals surface area contributed by atoms with E-state index >= 15 is 0 Å². The van der Waals surface area contributed by atoms with E-state index in [1.54, 1.807) is 0 Å². The number of aliphatic hydroxyl groups is 1. The fourth-order valence-electron chi connectivity index (χ4n) is 4.07. The number of nitrogens with one attached hydrogen (secondary N) is 1. The number of hydrogen-bond acceptors (Lipinski definition) is 7. The van der Waals surface area contributed by atoms with Crippen LogP contribution in [0.5, 0.6) is 11.5 Å². The number of carbonyl (C=O) groups excluding carboxylic acids is 2. The normalized spacial score (nSPS) is 20.5. The molecule has 0 spiro atoms. The molecule has 2 aromatic rings. The van der Waals surface area contributed by atoms with Crippen LogP contribution in [0.1, 0.15) is 68.9 Å². The summed E-state index contributed by atoms with van der Waals surface area (Å²) in [6.45, 7) is 6.14. The number of ether oxygens (including phenoxy) is 2. The largest absolute Gasteiger partial charge is 0.503 e. The van der Waals surface area contributed by atoms with Crippen LogP contribution < -0.4 is 10.1 Å². The molecule has 1 aliphatic rings. The number of amides is 1. The quantitative estimate of drug-likeness (QED) is 0.507. The molecule has 1 saturated heterocycles. The Bertz CT molecular complexity index is 950. The predicted molar refractivity (Wildman–Crippen MR) is 138 cm³/mol. The van der Waals surface area contributed by atoms with Crippen molar-refractivity contribution in [3.05, 3.63) is 53.9 Å². The summed E-state index contributed by atoms with van der Waals surface area (Å²) < 4.78 is 10.7. The van der Waals surface area contributed by atoms with Crippen molar-refractivity contribution < 1.29 is 29.3 Å². The standard InChI is InChI=1S/C24H30N2O5.C4H10O/c1-16-14-18(15-17-8-4-3-5-9-17)10-6-7-11-19(24(29)31-16)26-23(28)21-22(27)20(30-2)12-13-25-21;1-4(2)3-5/h3-5,8-9,12-13,16,18-19,27H,6-7,10-11,14-15H2,1-2H3,(H,26,28);4-5H,3H2,1-2H3/t16?,18?,19-;/m0./s1. The van der Waals surface area contributed by atoms with Crippen LogP contribution in [0.2, 0.25) is 0 Å². The van der Waals surface area contributed by atoms with Crippen molar-refractivity contribution in [2.75, 3.05) is 13.7 Å². The lowest BCUT2D eigenvalue weighted by molar-refractivity contribution is -0.151. The summed E-state index contributed by atoms with van der Waals surface area (Å²) in [5, 5.41) is 21.0. The van der Waals surface area contributed by atoms with Crippen molar-refractivity contribution in [1.82, 2.24) is 10.3 Å². The summed E-state index contributed by atoms with van der Waals surface area (Å²) >= 11 is 0. The van der Waals surface area contributed by atoms with Crippen molar-refractivity contribution in [2.24, 2.45) is 11.8 Å². The van der Waals surface area contributed by atoms with E-state index in [2.05, 4.69) is 22.4 Å². The number of benzene rings is 1. The van der Waals surface area contributed by atoms with E-state index in [0.717, 1.165) is 32.1 Å². The van der Waals surface area contributed by atoms with Crippen molar-refractivity contribution in [3.63, 3.8) is 0 Å². The fourth-order valence-corrected chi connectivity index (χ4v) is 4.07. The topological polar surface area (TPSA) is 118 Å². The maximum Gasteiger partial charge on any atom is 0.328 e. The lowest BCUT2D eigenvalue weighted by Crippen LogP contribution is -2.43. The number of nitrogens with zero attached hydrogens (tertiary/aromatic N) is 1. The minimum atomic E-state index is -0.784. The Kier molecular flexibility index (Phi) is 12.2. The SMILES string of the molecule is CC(C)CO.COc1ccnc(C(=O)N[C@H]2CCCCC(Cc3ccccc3)CC(C)OC2=O)c1O. The molecule has 8 heteroatoms. The second-order valence-electron chi connectivity index (χ2n) is 9.64. The molecule has 3 N–H and O–H groups in total. The number of aromatic nitrogens is 1. The molecule has 0 aliphatic carbocycles. The zero-order valence-corrected chi connectivity index (χ0v) is 21.8. The highest BCUT2D eigenvalue weighted by Gasteiger charge is 2.28. The van der Waals surface area contributed by atoms with E-state index in [0.29, 0.717) is 24.9 Å². The minimum absolute atomic E-state index is 0.145. The number of pyridine rings is 1. The Labute approximate surface area is 214 Å². The Morgan fingerprint density at radius 1 is 1.19 bits per heavy atom. The molecule has 198 valence electrons. The van der Waals surface area contributed by atoms with Gasteiger partial charge in [0.1, 0.15) is 6.04 Å². The van der Waals surface area contributed by atoms with Crippen molar-refractivity contribution in [1.29, 1.82) is 0 Å². The molecular formula is C28H40N2O6. The molecule has 0 radical (unpaired) electrons. The van der Waals surface area contributed by atoms with Gasteiger partial charge in [-0.3, -0.25) is 4.79 Å². The van der Waals surface area contributed by atoms with Gasteiger partial charge >= 0.3 is 5.97 Å². The molecule has 3 atom stereocenters. The first-order chi connectivity index (χ1) is 17.2. The van der Waals surface area contributed by atoms with Crippen LogP contribution in [-0.2, 0) is 16.0 Å². The van der Waals surface area contributed by atoms with Gasteiger partial charge in [-0.25, -0.2) is 9.78 Å². The third kappa shape index (κ3) is 9.49. The summed E-state index contributed by atoms with van der Waals surface area (Å²) in [6, 6.07) is 11.0. The number of aromatic hydroxyl groups is 1. The number of carbonyl (C=O) groups is 2.